The van der Waals surface area contributed by atoms with E-state index in [4.69, 9.17) is 0 Å². The second kappa shape index (κ2) is 4.16. The Balaban J connectivity index is 2.13. The molecule has 2 rings (SSSR count). The Hall–Kier alpha value is -0.790. The fraction of sp³-hybridized carbons (Fsp3) is 0.750. The number of hydrogen-bond acceptors (Lipinski definition) is 1. The second-order valence-electron chi connectivity index (χ2n) is 4.58. The Morgan fingerprint density at radius 2 is 2.36 bits per heavy atom. The van der Waals surface area contributed by atoms with Crippen molar-refractivity contribution in [2.45, 2.75) is 52.4 Å². The lowest BCUT2D eigenvalue weighted by molar-refractivity contribution is 0.495. The Kier molecular flexibility index (Phi) is 2.90. The van der Waals surface area contributed by atoms with E-state index in [1.54, 1.807) is 0 Å². The van der Waals surface area contributed by atoms with Crippen LogP contribution in [0.5, 0.6) is 0 Å². The highest BCUT2D eigenvalue weighted by atomic mass is 15.1. The molecule has 0 amide bonds. The van der Waals surface area contributed by atoms with Crippen molar-refractivity contribution < 1.29 is 0 Å². The van der Waals surface area contributed by atoms with Gasteiger partial charge in [-0.15, -0.1) is 0 Å². The molecule has 14 heavy (non-hydrogen) atoms. The van der Waals surface area contributed by atoms with Crippen molar-refractivity contribution in [3.8, 4) is 0 Å². The van der Waals surface area contributed by atoms with Crippen molar-refractivity contribution in [2.75, 3.05) is 0 Å². The molecule has 2 nitrogen and oxygen atoms in total. The van der Waals surface area contributed by atoms with Crippen molar-refractivity contribution in [1.82, 2.24) is 10.2 Å². The van der Waals surface area contributed by atoms with E-state index >= 15 is 0 Å². The normalized spacial score (nSPS) is 20.9. The van der Waals surface area contributed by atoms with Gasteiger partial charge in [0.05, 0.1) is 5.69 Å². The summed E-state index contributed by atoms with van der Waals surface area (Å²) in [6, 6.07) is 0. The molecule has 1 heterocycles. The predicted molar refractivity (Wildman–Crippen MR) is 58.4 cm³/mol. The molecule has 1 aromatic rings. The lowest BCUT2D eigenvalue weighted by Crippen LogP contribution is -2.11. The number of rotatable bonds is 3. The SMILES string of the molecule is CCCCc1n[nH]c2c1CC(C)CC2. The molecule has 0 aromatic carbocycles. The molecule has 1 unspecified atom stereocenters. The van der Waals surface area contributed by atoms with Gasteiger partial charge in [0, 0.05) is 5.69 Å². The quantitative estimate of drug-likeness (QED) is 0.783. The summed E-state index contributed by atoms with van der Waals surface area (Å²) in [5.41, 5.74) is 4.29. The molecule has 78 valence electrons. The highest BCUT2D eigenvalue weighted by molar-refractivity contribution is 5.28. The molecule has 0 fully saturated rings. The number of nitrogens with one attached hydrogen (secondary N) is 1. The van der Waals surface area contributed by atoms with E-state index in [-0.39, 0.29) is 0 Å². The number of hydrogen-bond donors (Lipinski definition) is 1. The summed E-state index contributed by atoms with van der Waals surface area (Å²) in [7, 11) is 0. The predicted octanol–water partition coefficient (Wildman–Crippen LogP) is 2.88. The Labute approximate surface area is 86.1 Å². The zero-order valence-electron chi connectivity index (χ0n) is 9.27. The van der Waals surface area contributed by atoms with E-state index < -0.39 is 0 Å². The molecule has 1 N–H and O–H groups in total. The molecule has 1 atom stereocenters. The number of aromatic nitrogens is 2. The lowest BCUT2D eigenvalue weighted by Gasteiger charge is -2.18. The van der Waals surface area contributed by atoms with Crippen LogP contribution in [0.4, 0.5) is 0 Å². The first-order valence-corrected chi connectivity index (χ1v) is 5.86. The third kappa shape index (κ3) is 1.84. The summed E-state index contributed by atoms with van der Waals surface area (Å²) in [5, 5.41) is 7.65. The highest BCUT2D eigenvalue weighted by Crippen LogP contribution is 2.26. The van der Waals surface area contributed by atoms with Crippen molar-refractivity contribution in [3.05, 3.63) is 17.0 Å². The van der Waals surface area contributed by atoms with Gasteiger partial charge in [-0.2, -0.15) is 5.10 Å². The van der Waals surface area contributed by atoms with Crippen LogP contribution in [-0.4, -0.2) is 10.2 Å². The van der Waals surface area contributed by atoms with Crippen LogP contribution in [0.15, 0.2) is 0 Å². The number of aromatic amines is 1. The number of nitrogens with zero attached hydrogens (tertiary/aromatic N) is 1. The topological polar surface area (TPSA) is 28.7 Å². The molecule has 0 bridgehead atoms. The first kappa shape index (κ1) is 9.75. The van der Waals surface area contributed by atoms with Crippen LogP contribution < -0.4 is 0 Å². The Morgan fingerprint density at radius 3 is 3.14 bits per heavy atom. The molecule has 1 aromatic heterocycles. The lowest BCUT2D eigenvalue weighted by atomic mass is 9.87. The fourth-order valence-electron chi connectivity index (χ4n) is 2.28. The van der Waals surface area contributed by atoms with Crippen LogP contribution in [0.25, 0.3) is 0 Å². The van der Waals surface area contributed by atoms with Crippen LogP contribution >= 0.6 is 0 Å². The van der Waals surface area contributed by atoms with E-state index in [0.717, 1.165) is 12.3 Å². The molecule has 0 spiro atoms. The molecule has 1 aliphatic carbocycles. The minimum atomic E-state index is 0.848. The molecule has 1 aliphatic rings. The molecule has 0 radical (unpaired) electrons. The van der Waals surface area contributed by atoms with Crippen LogP contribution in [0.3, 0.4) is 0 Å². The minimum Gasteiger partial charge on any atom is -0.282 e. The van der Waals surface area contributed by atoms with Gasteiger partial charge in [-0.1, -0.05) is 20.3 Å². The first-order chi connectivity index (χ1) is 6.81. The second-order valence-corrected chi connectivity index (χ2v) is 4.58. The van der Waals surface area contributed by atoms with E-state index in [2.05, 4.69) is 24.0 Å². The number of fused-ring (bicyclic) bond motifs is 1. The number of H-pyrrole nitrogens is 1. The molecular weight excluding hydrogens is 172 g/mol. The summed E-state index contributed by atoms with van der Waals surface area (Å²) in [4.78, 5) is 0. The van der Waals surface area contributed by atoms with Crippen molar-refractivity contribution in [2.24, 2.45) is 5.92 Å². The Bertz CT molecular complexity index is 301. The molecular formula is C12H20N2. The summed E-state index contributed by atoms with van der Waals surface area (Å²) >= 11 is 0. The van der Waals surface area contributed by atoms with Crippen molar-refractivity contribution in [1.29, 1.82) is 0 Å². The van der Waals surface area contributed by atoms with Gasteiger partial charge < -0.3 is 0 Å². The Morgan fingerprint density at radius 1 is 1.50 bits per heavy atom. The summed E-state index contributed by atoms with van der Waals surface area (Å²) in [5.74, 6) is 0.848. The van der Waals surface area contributed by atoms with E-state index in [9.17, 15) is 0 Å². The van der Waals surface area contributed by atoms with Gasteiger partial charge >= 0.3 is 0 Å². The maximum atomic E-state index is 4.44. The third-order valence-corrected chi connectivity index (χ3v) is 3.25. The minimum absolute atomic E-state index is 0.848. The van der Waals surface area contributed by atoms with Gasteiger partial charge in [0.1, 0.15) is 0 Å². The van der Waals surface area contributed by atoms with Crippen LogP contribution in [-0.2, 0) is 19.3 Å². The summed E-state index contributed by atoms with van der Waals surface area (Å²) in [6.45, 7) is 4.58. The number of unbranched alkanes of at least 4 members (excludes halogenated alkanes) is 1. The average molecular weight is 192 g/mol. The average Bonchev–Trinajstić information content (AvgIpc) is 2.57. The first-order valence-electron chi connectivity index (χ1n) is 5.86. The van der Waals surface area contributed by atoms with Crippen molar-refractivity contribution in [3.63, 3.8) is 0 Å². The molecule has 2 heteroatoms. The van der Waals surface area contributed by atoms with E-state index in [1.165, 1.54) is 49.1 Å². The summed E-state index contributed by atoms with van der Waals surface area (Å²) < 4.78 is 0. The zero-order valence-corrected chi connectivity index (χ0v) is 9.27. The van der Waals surface area contributed by atoms with Crippen LogP contribution in [0.1, 0.15) is 50.1 Å². The van der Waals surface area contributed by atoms with Gasteiger partial charge in [0.25, 0.3) is 0 Å². The number of aryl methyl sites for hydroxylation is 2. The van der Waals surface area contributed by atoms with Gasteiger partial charge in [-0.05, 0) is 43.6 Å². The highest BCUT2D eigenvalue weighted by Gasteiger charge is 2.20. The largest absolute Gasteiger partial charge is 0.282 e. The van der Waals surface area contributed by atoms with E-state index in [1.807, 2.05) is 0 Å². The van der Waals surface area contributed by atoms with Crippen LogP contribution in [0.2, 0.25) is 0 Å². The summed E-state index contributed by atoms with van der Waals surface area (Å²) in [6.07, 6.45) is 7.46. The third-order valence-electron chi connectivity index (χ3n) is 3.25. The molecule has 0 aliphatic heterocycles. The zero-order chi connectivity index (χ0) is 9.97. The molecule has 0 saturated carbocycles. The monoisotopic (exact) mass is 192 g/mol. The van der Waals surface area contributed by atoms with E-state index in [0.29, 0.717) is 0 Å². The molecule has 0 saturated heterocycles. The standard InChI is InChI=1S/C12H20N2/c1-3-4-5-11-10-8-9(2)6-7-12(10)14-13-11/h9H,3-8H2,1-2H3,(H,13,14). The van der Waals surface area contributed by atoms with Crippen molar-refractivity contribution >= 4 is 0 Å². The maximum absolute atomic E-state index is 4.44. The van der Waals surface area contributed by atoms with Gasteiger partial charge in [0.2, 0.25) is 0 Å². The van der Waals surface area contributed by atoms with Gasteiger partial charge in [-0.25, -0.2) is 0 Å². The van der Waals surface area contributed by atoms with Gasteiger partial charge in [-0.3, -0.25) is 5.10 Å². The van der Waals surface area contributed by atoms with Gasteiger partial charge in [0.15, 0.2) is 0 Å². The maximum Gasteiger partial charge on any atom is 0.0657 e. The fourth-order valence-corrected chi connectivity index (χ4v) is 2.28. The van der Waals surface area contributed by atoms with Crippen LogP contribution in [0, 0.1) is 5.92 Å². The smallest absolute Gasteiger partial charge is 0.0657 e.